The third-order valence-electron chi connectivity index (χ3n) is 1.92. The van der Waals surface area contributed by atoms with Crippen LogP contribution in [-0.4, -0.2) is 6.54 Å². The van der Waals surface area contributed by atoms with E-state index in [1.807, 2.05) is 6.92 Å². The van der Waals surface area contributed by atoms with Gasteiger partial charge < -0.3 is 5.32 Å². The van der Waals surface area contributed by atoms with E-state index in [2.05, 4.69) is 29.1 Å². The number of hydrogen-bond donors (Lipinski definition) is 1. The second-order valence-corrected chi connectivity index (χ2v) is 4.11. The van der Waals surface area contributed by atoms with Crippen LogP contribution in [-0.2, 0) is 0 Å². The van der Waals surface area contributed by atoms with Crippen molar-refractivity contribution in [1.82, 2.24) is 5.32 Å². The van der Waals surface area contributed by atoms with Crippen molar-refractivity contribution < 1.29 is 0 Å². The fraction of sp³-hybridized carbons (Fsp3) is 0.400. The fourth-order valence-electron chi connectivity index (χ4n) is 0.992. The molecule has 3 heteroatoms. The summed E-state index contributed by atoms with van der Waals surface area (Å²) in [5, 5.41) is 7.65. The van der Waals surface area contributed by atoms with E-state index in [0.29, 0.717) is 6.04 Å². The molecule has 0 aromatic carbocycles. The number of hydrogen-bond acceptors (Lipinski definition) is 2. The van der Waals surface area contributed by atoms with Crippen LogP contribution in [0.3, 0.4) is 0 Å². The van der Waals surface area contributed by atoms with Crippen molar-refractivity contribution in [1.29, 1.82) is 0 Å². The maximum atomic E-state index is 5.56. The molecule has 0 saturated heterocycles. The zero-order chi connectivity index (χ0) is 9.68. The third-order valence-corrected chi connectivity index (χ3v) is 2.99. The molecule has 13 heavy (non-hydrogen) atoms. The van der Waals surface area contributed by atoms with Crippen molar-refractivity contribution in [3.8, 4) is 0 Å². The molecule has 1 atom stereocenters. The first-order valence-corrected chi connectivity index (χ1v) is 5.63. The molecule has 0 spiro atoms. The summed E-state index contributed by atoms with van der Waals surface area (Å²) in [4.78, 5) is 0. The lowest BCUT2D eigenvalue weighted by molar-refractivity contribution is 0.609. The van der Waals surface area contributed by atoms with Gasteiger partial charge in [-0.15, -0.1) is 0 Å². The largest absolute Gasteiger partial charge is 0.306 e. The van der Waals surface area contributed by atoms with Gasteiger partial charge in [0.2, 0.25) is 0 Å². The summed E-state index contributed by atoms with van der Waals surface area (Å²) in [6.07, 6.45) is 0. The molecule has 0 bridgehead atoms. The molecule has 0 radical (unpaired) electrons. The van der Waals surface area contributed by atoms with E-state index in [-0.39, 0.29) is 0 Å². The highest BCUT2D eigenvalue weighted by atomic mass is 35.5. The van der Waals surface area contributed by atoms with Crippen LogP contribution in [0.5, 0.6) is 0 Å². The summed E-state index contributed by atoms with van der Waals surface area (Å²) in [5.41, 5.74) is 4.11. The minimum Gasteiger partial charge on any atom is -0.306 e. The monoisotopic (exact) mass is 215 g/mol. The summed E-state index contributed by atoms with van der Waals surface area (Å²) >= 11 is 7.29. The van der Waals surface area contributed by atoms with Crippen LogP contribution >= 0.6 is 22.9 Å². The maximum absolute atomic E-state index is 5.56. The van der Waals surface area contributed by atoms with E-state index in [1.165, 1.54) is 5.56 Å². The van der Waals surface area contributed by atoms with Gasteiger partial charge in [-0.05, 0) is 41.8 Å². The summed E-state index contributed by atoms with van der Waals surface area (Å²) in [6, 6.07) is 2.54. The molecule has 0 aliphatic rings. The Kier molecular flexibility index (Phi) is 4.50. The Bertz CT molecular complexity index is 266. The summed E-state index contributed by atoms with van der Waals surface area (Å²) in [7, 11) is 0. The Hall–Kier alpha value is -0.310. The molecule has 0 amide bonds. The topological polar surface area (TPSA) is 12.0 Å². The first kappa shape index (κ1) is 10.8. The Morgan fingerprint density at radius 2 is 2.54 bits per heavy atom. The number of thiophene rings is 1. The lowest BCUT2D eigenvalue weighted by Crippen LogP contribution is -2.19. The maximum Gasteiger partial charge on any atom is 0.0303 e. The Morgan fingerprint density at radius 3 is 3.08 bits per heavy atom. The van der Waals surface area contributed by atoms with Gasteiger partial charge in [0, 0.05) is 18.1 Å². The van der Waals surface area contributed by atoms with Crippen molar-refractivity contribution in [2.75, 3.05) is 6.54 Å². The summed E-state index contributed by atoms with van der Waals surface area (Å²) < 4.78 is 0. The zero-order valence-corrected chi connectivity index (χ0v) is 9.45. The van der Waals surface area contributed by atoms with Gasteiger partial charge in [-0.1, -0.05) is 11.6 Å². The van der Waals surface area contributed by atoms with Gasteiger partial charge in [-0.25, -0.2) is 0 Å². The first-order chi connectivity index (χ1) is 6.24. The van der Waals surface area contributed by atoms with Crippen LogP contribution in [0, 0.1) is 0 Å². The molecule has 0 saturated carbocycles. The van der Waals surface area contributed by atoms with Crippen LogP contribution < -0.4 is 5.32 Å². The van der Waals surface area contributed by atoms with E-state index in [4.69, 9.17) is 11.6 Å². The smallest absolute Gasteiger partial charge is 0.0303 e. The average molecular weight is 216 g/mol. The molecule has 0 aliphatic carbocycles. The zero-order valence-electron chi connectivity index (χ0n) is 7.88. The number of nitrogens with one attached hydrogen (secondary N) is 1. The van der Waals surface area contributed by atoms with Crippen LogP contribution in [0.15, 0.2) is 27.9 Å². The van der Waals surface area contributed by atoms with Crippen LogP contribution in [0.2, 0.25) is 0 Å². The minimum absolute atomic E-state index is 0.401. The van der Waals surface area contributed by atoms with Crippen molar-refractivity contribution in [2.45, 2.75) is 19.9 Å². The Morgan fingerprint density at radius 1 is 1.77 bits per heavy atom. The molecule has 1 N–H and O–H groups in total. The second-order valence-electron chi connectivity index (χ2n) is 3.11. The van der Waals surface area contributed by atoms with Gasteiger partial charge in [0.25, 0.3) is 0 Å². The lowest BCUT2D eigenvalue weighted by atomic mass is 10.2. The molecule has 1 unspecified atom stereocenters. The molecule has 1 heterocycles. The van der Waals surface area contributed by atoms with E-state index >= 15 is 0 Å². The molecule has 1 aromatic rings. The highest BCUT2D eigenvalue weighted by Crippen LogP contribution is 2.15. The van der Waals surface area contributed by atoms with Gasteiger partial charge in [0.1, 0.15) is 0 Å². The van der Waals surface area contributed by atoms with Crippen molar-refractivity contribution in [3.63, 3.8) is 0 Å². The predicted molar refractivity (Wildman–Crippen MR) is 60.3 cm³/mol. The summed E-state index contributed by atoms with van der Waals surface area (Å²) in [6.45, 7) is 5.02. The molecular weight excluding hydrogens is 202 g/mol. The van der Waals surface area contributed by atoms with Gasteiger partial charge in [0.05, 0.1) is 0 Å². The van der Waals surface area contributed by atoms with Gasteiger partial charge in [-0.3, -0.25) is 0 Å². The highest BCUT2D eigenvalue weighted by molar-refractivity contribution is 7.07. The standard InChI is InChI=1S/C10H14ClNS/c1-8(5-11)6-12-9(2)10-3-4-13-7-10/h3-5,7,9,12H,6H2,1-2H3/b8-5+. The van der Waals surface area contributed by atoms with E-state index in [1.54, 1.807) is 16.9 Å². The van der Waals surface area contributed by atoms with E-state index < -0.39 is 0 Å². The van der Waals surface area contributed by atoms with Crippen molar-refractivity contribution in [3.05, 3.63) is 33.5 Å². The van der Waals surface area contributed by atoms with Crippen LogP contribution in [0.25, 0.3) is 0 Å². The van der Waals surface area contributed by atoms with Crippen LogP contribution in [0.1, 0.15) is 25.5 Å². The minimum atomic E-state index is 0.401. The molecule has 1 aromatic heterocycles. The quantitative estimate of drug-likeness (QED) is 0.810. The molecule has 1 rings (SSSR count). The molecular formula is C10H14ClNS. The predicted octanol–water partition coefficient (Wildman–Crippen LogP) is 3.54. The van der Waals surface area contributed by atoms with Crippen molar-refractivity contribution >= 4 is 22.9 Å². The highest BCUT2D eigenvalue weighted by Gasteiger charge is 2.03. The lowest BCUT2D eigenvalue weighted by Gasteiger charge is -2.11. The Labute approximate surface area is 88.4 Å². The summed E-state index contributed by atoms with van der Waals surface area (Å²) in [5.74, 6) is 0. The third kappa shape index (κ3) is 3.51. The van der Waals surface area contributed by atoms with Gasteiger partial charge >= 0.3 is 0 Å². The normalized spacial score (nSPS) is 14.5. The number of halogens is 1. The van der Waals surface area contributed by atoms with E-state index in [9.17, 15) is 0 Å². The fourth-order valence-corrected chi connectivity index (χ4v) is 1.82. The molecule has 0 aliphatic heterocycles. The average Bonchev–Trinajstić information content (AvgIpc) is 2.66. The van der Waals surface area contributed by atoms with Crippen LogP contribution in [0.4, 0.5) is 0 Å². The first-order valence-electron chi connectivity index (χ1n) is 4.25. The molecule has 72 valence electrons. The number of rotatable bonds is 4. The SMILES string of the molecule is C/C(=C\Cl)CNC(C)c1ccsc1. The molecule has 1 nitrogen and oxygen atoms in total. The Balaban J connectivity index is 2.38. The van der Waals surface area contributed by atoms with Gasteiger partial charge in [-0.2, -0.15) is 11.3 Å². The van der Waals surface area contributed by atoms with Crippen molar-refractivity contribution in [2.24, 2.45) is 0 Å². The van der Waals surface area contributed by atoms with Gasteiger partial charge in [0.15, 0.2) is 0 Å². The van der Waals surface area contributed by atoms with E-state index in [0.717, 1.165) is 12.1 Å². The molecule has 0 fully saturated rings. The second kappa shape index (κ2) is 5.43.